The fraction of sp³-hybridized carbons (Fsp3) is 0.533. The summed E-state index contributed by atoms with van der Waals surface area (Å²) in [4.78, 5) is 0. The summed E-state index contributed by atoms with van der Waals surface area (Å²) in [6.07, 6.45) is 6.12. The molecule has 2 nitrogen and oxygen atoms in total. The van der Waals surface area contributed by atoms with E-state index in [1.54, 1.807) is 12.1 Å². The highest BCUT2D eigenvalue weighted by molar-refractivity contribution is 5.32. The Hall–Kier alpha value is -1.40. The Morgan fingerprint density at radius 2 is 2.06 bits per heavy atom. The van der Waals surface area contributed by atoms with Gasteiger partial charge in [0.05, 0.1) is 11.6 Å². The van der Waals surface area contributed by atoms with Gasteiger partial charge in [-0.25, -0.2) is 4.39 Å². The minimum Gasteiger partial charge on any atom is -0.307 e. The number of nitriles is 1. The van der Waals surface area contributed by atoms with Gasteiger partial charge in [-0.2, -0.15) is 5.26 Å². The summed E-state index contributed by atoms with van der Waals surface area (Å²) < 4.78 is 13.7. The zero-order chi connectivity index (χ0) is 13.0. The van der Waals surface area contributed by atoms with Crippen LogP contribution in [0.3, 0.4) is 0 Å². The molecule has 0 atom stereocenters. The smallest absolute Gasteiger partial charge is 0.129 e. The number of nitrogens with zero attached hydrogens (tertiary/aromatic N) is 1. The van der Waals surface area contributed by atoms with Gasteiger partial charge in [-0.15, -0.1) is 0 Å². The van der Waals surface area contributed by atoms with Crippen molar-refractivity contribution in [3.63, 3.8) is 0 Å². The maximum Gasteiger partial charge on any atom is 0.129 e. The predicted octanol–water partition coefficient (Wildman–Crippen LogP) is 3.51. The van der Waals surface area contributed by atoms with Crippen molar-refractivity contribution >= 4 is 0 Å². The van der Waals surface area contributed by atoms with E-state index in [-0.39, 0.29) is 11.4 Å². The third kappa shape index (κ3) is 3.08. The first kappa shape index (κ1) is 13.0. The van der Waals surface area contributed by atoms with Crippen LogP contribution in [0, 0.1) is 17.1 Å². The van der Waals surface area contributed by atoms with Gasteiger partial charge < -0.3 is 5.32 Å². The number of halogens is 1. The van der Waals surface area contributed by atoms with Crippen LogP contribution in [-0.2, 0) is 6.54 Å². The van der Waals surface area contributed by atoms with Gasteiger partial charge in [0.1, 0.15) is 5.82 Å². The fourth-order valence-corrected chi connectivity index (χ4v) is 2.58. The quantitative estimate of drug-likeness (QED) is 0.886. The molecule has 0 spiro atoms. The summed E-state index contributed by atoms with van der Waals surface area (Å²) in [5.41, 5.74) is 1.15. The van der Waals surface area contributed by atoms with Crippen LogP contribution in [0.1, 0.15) is 50.2 Å². The summed E-state index contributed by atoms with van der Waals surface area (Å²) in [6.45, 7) is 2.75. The molecule has 1 aliphatic carbocycles. The largest absolute Gasteiger partial charge is 0.307 e. The number of benzene rings is 1. The van der Waals surface area contributed by atoms with Crippen LogP contribution >= 0.6 is 0 Å². The molecule has 3 heteroatoms. The van der Waals surface area contributed by atoms with Gasteiger partial charge in [0.2, 0.25) is 0 Å². The monoisotopic (exact) mass is 246 g/mol. The fourth-order valence-electron chi connectivity index (χ4n) is 2.58. The van der Waals surface area contributed by atoms with Crippen molar-refractivity contribution in [2.24, 2.45) is 0 Å². The van der Waals surface area contributed by atoms with E-state index >= 15 is 0 Å². The third-order valence-electron chi connectivity index (χ3n) is 3.84. The third-order valence-corrected chi connectivity index (χ3v) is 3.84. The molecule has 18 heavy (non-hydrogen) atoms. The summed E-state index contributed by atoms with van der Waals surface area (Å²) in [5.74, 6) is -0.291. The lowest BCUT2D eigenvalue weighted by Crippen LogP contribution is -2.43. The van der Waals surface area contributed by atoms with E-state index in [2.05, 4.69) is 12.2 Å². The van der Waals surface area contributed by atoms with Crippen molar-refractivity contribution in [1.82, 2.24) is 5.32 Å². The molecular formula is C15H19FN2. The highest BCUT2D eigenvalue weighted by atomic mass is 19.1. The normalized spacial score (nSPS) is 18.3. The first-order valence-corrected chi connectivity index (χ1v) is 6.56. The van der Waals surface area contributed by atoms with E-state index in [1.165, 1.54) is 25.3 Å². The standard InChI is InChI=1S/C15H19FN2/c1-15(7-3-2-4-8-15)18-11-13-6-5-12(10-17)9-14(13)16/h5-6,9,18H,2-4,7-8,11H2,1H3. The summed E-state index contributed by atoms with van der Waals surface area (Å²) in [5, 5.41) is 12.2. The van der Waals surface area contributed by atoms with Crippen molar-refractivity contribution in [2.75, 3.05) is 0 Å². The Balaban J connectivity index is 2.00. The van der Waals surface area contributed by atoms with E-state index in [0.29, 0.717) is 17.7 Å². The zero-order valence-corrected chi connectivity index (χ0v) is 10.8. The highest BCUT2D eigenvalue weighted by Gasteiger charge is 2.25. The number of hydrogen-bond donors (Lipinski definition) is 1. The average molecular weight is 246 g/mol. The second kappa shape index (κ2) is 5.49. The molecule has 1 aliphatic rings. The average Bonchev–Trinajstić information content (AvgIpc) is 2.38. The molecule has 0 unspecified atom stereocenters. The zero-order valence-electron chi connectivity index (χ0n) is 10.8. The molecule has 1 aromatic rings. The molecule has 96 valence electrons. The first-order valence-electron chi connectivity index (χ1n) is 6.56. The Morgan fingerprint density at radius 1 is 1.33 bits per heavy atom. The molecule has 1 saturated carbocycles. The number of rotatable bonds is 3. The van der Waals surface area contributed by atoms with E-state index in [4.69, 9.17) is 5.26 Å². The van der Waals surface area contributed by atoms with E-state index in [0.717, 1.165) is 12.8 Å². The van der Waals surface area contributed by atoms with Crippen LogP contribution in [0.5, 0.6) is 0 Å². The van der Waals surface area contributed by atoms with Gasteiger partial charge in [0, 0.05) is 17.6 Å². The van der Waals surface area contributed by atoms with Crippen molar-refractivity contribution in [3.05, 3.63) is 35.1 Å². The van der Waals surface area contributed by atoms with Crippen molar-refractivity contribution < 1.29 is 4.39 Å². The van der Waals surface area contributed by atoms with Crippen LogP contribution in [0.15, 0.2) is 18.2 Å². The maximum atomic E-state index is 13.7. The Labute approximate surface area is 108 Å². The maximum absolute atomic E-state index is 13.7. The molecule has 0 aliphatic heterocycles. The summed E-state index contributed by atoms with van der Waals surface area (Å²) >= 11 is 0. The molecular weight excluding hydrogens is 227 g/mol. The molecule has 0 radical (unpaired) electrons. The molecule has 0 aromatic heterocycles. The van der Waals surface area contributed by atoms with Crippen molar-refractivity contribution in [1.29, 1.82) is 5.26 Å². The second-order valence-electron chi connectivity index (χ2n) is 5.39. The Morgan fingerprint density at radius 3 is 2.67 bits per heavy atom. The molecule has 2 rings (SSSR count). The van der Waals surface area contributed by atoms with Gasteiger partial charge >= 0.3 is 0 Å². The number of nitrogens with one attached hydrogen (secondary N) is 1. The molecule has 1 fully saturated rings. The van der Waals surface area contributed by atoms with E-state index < -0.39 is 0 Å². The van der Waals surface area contributed by atoms with Gasteiger partial charge in [-0.3, -0.25) is 0 Å². The molecule has 0 saturated heterocycles. The van der Waals surface area contributed by atoms with Crippen LogP contribution in [0.2, 0.25) is 0 Å². The van der Waals surface area contributed by atoms with Gasteiger partial charge in [-0.05, 0) is 31.9 Å². The van der Waals surface area contributed by atoms with Gasteiger partial charge in [-0.1, -0.05) is 25.3 Å². The summed E-state index contributed by atoms with van der Waals surface area (Å²) in [6, 6.07) is 6.62. The van der Waals surface area contributed by atoms with Gasteiger partial charge in [0.25, 0.3) is 0 Å². The van der Waals surface area contributed by atoms with Crippen LogP contribution < -0.4 is 5.32 Å². The Kier molecular flexibility index (Phi) is 3.98. The predicted molar refractivity (Wildman–Crippen MR) is 69.4 cm³/mol. The minimum absolute atomic E-state index is 0.137. The molecule has 0 heterocycles. The molecule has 0 amide bonds. The summed E-state index contributed by atoms with van der Waals surface area (Å²) in [7, 11) is 0. The lowest BCUT2D eigenvalue weighted by molar-refractivity contribution is 0.251. The first-order chi connectivity index (χ1) is 8.63. The molecule has 0 bridgehead atoms. The SMILES string of the molecule is CC1(NCc2ccc(C#N)cc2F)CCCCC1. The molecule has 1 aromatic carbocycles. The van der Waals surface area contributed by atoms with Crippen LogP contribution in [0.4, 0.5) is 4.39 Å². The second-order valence-corrected chi connectivity index (χ2v) is 5.39. The van der Waals surface area contributed by atoms with Crippen molar-refractivity contribution in [3.8, 4) is 6.07 Å². The lowest BCUT2D eigenvalue weighted by Gasteiger charge is -2.34. The minimum atomic E-state index is -0.291. The van der Waals surface area contributed by atoms with Crippen LogP contribution in [-0.4, -0.2) is 5.54 Å². The topological polar surface area (TPSA) is 35.8 Å². The van der Waals surface area contributed by atoms with E-state index in [1.807, 2.05) is 6.07 Å². The van der Waals surface area contributed by atoms with Crippen molar-refractivity contribution in [2.45, 2.75) is 51.1 Å². The Bertz CT molecular complexity index is 456. The van der Waals surface area contributed by atoms with Crippen LogP contribution in [0.25, 0.3) is 0 Å². The molecule has 1 N–H and O–H groups in total. The number of hydrogen-bond acceptors (Lipinski definition) is 2. The van der Waals surface area contributed by atoms with E-state index in [9.17, 15) is 4.39 Å². The highest BCUT2D eigenvalue weighted by Crippen LogP contribution is 2.28. The van der Waals surface area contributed by atoms with Gasteiger partial charge in [0.15, 0.2) is 0 Å². The lowest BCUT2D eigenvalue weighted by atomic mass is 9.83.